The fourth-order valence-electron chi connectivity index (χ4n) is 3.75. The Morgan fingerprint density at radius 1 is 1.27 bits per heavy atom. The van der Waals surface area contributed by atoms with Gasteiger partial charge in [-0.15, -0.1) is 0 Å². The van der Waals surface area contributed by atoms with Gasteiger partial charge in [-0.25, -0.2) is 0 Å². The van der Waals surface area contributed by atoms with E-state index in [-0.39, 0.29) is 11.9 Å². The van der Waals surface area contributed by atoms with E-state index in [1.54, 1.807) is 6.92 Å². The number of carbonyl (C=O) groups is 1. The van der Waals surface area contributed by atoms with Gasteiger partial charge in [-0.2, -0.15) is 0 Å². The van der Waals surface area contributed by atoms with Crippen LogP contribution in [0.4, 0.5) is 0 Å². The van der Waals surface area contributed by atoms with Gasteiger partial charge in [-0.1, -0.05) is 15.9 Å². The summed E-state index contributed by atoms with van der Waals surface area (Å²) < 4.78 is 5.21. The van der Waals surface area contributed by atoms with E-state index in [0.717, 1.165) is 29.3 Å². The van der Waals surface area contributed by atoms with Crippen LogP contribution in [0.1, 0.15) is 41.9 Å². The summed E-state index contributed by atoms with van der Waals surface area (Å²) in [6, 6.07) is 10.5. The van der Waals surface area contributed by atoms with E-state index < -0.39 is 0 Å². The number of fused-ring (bicyclic) bond motifs is 3. The summed E-state index contributed by atoms with van der Waals surface area (Å²) >= 11 is 3.56. The Morgan fingerprint density at radius 2 is 2.05 bits per heavy atom. The maximum atomic E-state index is 12.3. The van der Waals surface area contributed by atoms with Gasteiger partial charge >= 0.3 is 0 Å². The van der Waals surface area contributed by atoms with Crippen LogP contribution in [0, 0.1) is 0 Å². The molecular formula is C18H17BrN2O. The van der Waals surface area contributed by atoms with Gasteiger partial charge < -0.3 is 4.57 Å². The SMILES string of the molecule is CC(=O)n1c2c(c3cc(Br)ccc31)CCCC2n1cccc1. The van der Waals surface area contributed by atoms with E-state index in [1.807, 2.05) is 28.8 Å². The first-order chi connectivity index (χ1) is 10.7. The molecule has 3 nitrogen and oxygen atoms in total. The van der Waals surface area contributed by atoms with Crippen LogP contribution in [0.5, 0.6) is 0 Å². The van der Waals surface area contributed by atoms with Crippen molar-refractivity contribution in [2.45, 2.75) is 32.2 Å². The maximum absolute atomic E-state index is 12.3. The zero-order valence-electron chi connectivity index (χ0n) is 12.4. The van der Waals surface area contributed by atoms with Crippen molar-refractivity contribution in [3.05, 3.63) is 58.5 Å². The van der Waals surface area contributed by atoms with E-state index in [0.29, 0.717) is 0 Å². The molecule has 2 aromatic heterocycles. The zero-order valence-corrected chi connectivity index (χ0v) is 14.0. The molecule has 1 aromatic carbocycles. The Kier molecular flexibility index (Phi) is 3.22. The number of aromatic nitrogens is 2. The highest BCUT2D eigenvalue weighted by molar-refractivity contribution is 9.10. The average molecular weight is 357 g/mol. The Balaban J connectivity index is 2.06. The fourth-order valence-corrected chi connectivity index (χ4v) is 4.12. The number of carbonyl (C=O) groups excluding carboxylic acids is 1. The van der Waals surface area contributed by atoms with Crippen LogP contribution >= 0.6 is 15.9 Å². The van der Waals surface area contributed by atoms with Gasteiger partial charge in [0, 0.05) is 29.2 Å². The number of benzene rings is 1. The third kappa shape index (κ3) is 1.97. The molecule has 0 N–H and O–H groups in total. The van der Waals surface area contributed by atoms with Crippen molar-refractivity contribution in [1.29, 1.82) is 0 Å². The lowest BCUT2D eigenvalue weighted by Gasteiger charge is -2.26. The molecule has 3 aromatic rings. The number of nitrogens with zero attached hydrogens (tertiary/aromatic N) is 2. The van der Waals surface area contributed by atoms with Crippen molar-refractivity contribution in [3.8, 4) is 0 Å². The average Bonchev–Trinajstić information content (AvgIpc) is 3.12. The summed E-state index contributed by atoms with van der Waals surface area (Å²) in [5, 5.41) is 1.21. The molecule has 1 unspecified atom stereocenters. The molecule has 1 atom stereocenters. The Labute approximate surface area is 137 Å². The molecule has 1 aliphatic rings. The van der Waals surface area contributed by atoms with Crippen LogP contribution in [0.15, 0.2) is 47.2 Å². The van der Waals surface area contributed by atoms with Crippen molar-refractivity contribution in [2.24, 2.45) is 0 Å². The zero-order chi connectivity index (χ0) is 15.3. The quantitative estimate of drug-likeness (QED) is 0.615. The highest BCUT2D eigenvalue weighted by Gasteiger charge is 2.29. The minimum atomic E-state index is 0.0904. The first kappa shape index (κ1) is 13.8. The minimum absolute atomic E-state index is 0.0904. The first-order valence-corrected chi connectivity index (χ1v) is 8.42. The molecule has 0 radical (unpaired) electrons. The topological polar surface area (TPSA) is 26.9 Å². The molecule has 0 spiro atoms. The second kappa shape index (κ2) is 5.13. The molecule has 4 rings (SSSR count). The van der Waals surface area contributed by atoms with Crippen molar-refractivity contribution < 1.29 is 4.79 Å². The van der Waals surface area contributed by atoms with Crippen molar-refractivity contribution >= 4 is 32.7 Å². The van der Waals surface area contributed by atoms with Crippen LogP contribution in [-0.4, -0.2) is 15.0 Å². The van der Waals surface area contributed by atoms with Crippen LogP contribution < -0.4 is 0 Å². The van der Waals surface area contributed by atoms with E-state index in [4.69, 9.17) is 0 Å². The summed E-state index contributed by atoms with van der Waals surface area (Å²) in [6.07, 6.45) is 7.46. The number of halogens is 1. The third-order valence-corrected chi connectivity index (χ3v) is 5.09. The Morgan fingerprint density at radius 3 is 2.77 bits per heavy atom. The van der Waals surface area contributed by atoms with E-state index in [2.05, 4.69) is 39.0 Å². The predicted octanol–water partition coefficient (Wildman–Crippen LogP) is 4.79. The molecule has 1 aliphatic carbocycles. The molecule has 0 saturated carbocycles. The predicted molar refractivity (Wildman–Crippen MR) is 91.4 cm³/mol. The highest BCUT2D eigenvalue weighted by Crippen LogP contribution is 2.40. The van der Waals surface area contributed by atoms with E-state index in [9.17, 15) is 4.79 Å². The van der Waals surface area contributed by atoms with Gasteiger partial charge in [-0.05, 0) is 55.2 Å². The number of aryl methyl sites for hydroxylation is 1. The summed E-state index contributed by atoms with van der Waals surface area (Å²) in [6.45, 7) is 1.66. The minimum Gasteiger partial charge on any atom is -0.345 e. The highest BCUT2D eigenvalue weighted by atomic mass is 79.9. The number of hydrogen-bond donors (Lipinski definition) is 0. The lowest BCUT2D eigenvalue weighted by atomic mass is 9.91. The summed E-state index contributed by atoms with van der Waals surface area (Å²) in [7, 11) is 0. The van der Waals surface area contributed by atoms with Gasteiger partial charge in [0.25, 0.3) is 0 Å². The molecule has 4 heteroatoms. The van der Waals surface area contributed by atoms with Gasteiger partial charge in [-0.3, -0.25) is 9.36 Å². The summed E-state index contributed by atoms with van der Waals surface area (Å²) in [5.41, 5.74) is 3.53. The lowest BCUT2D eigenvalue weighted by Crippen LogP contribution is -2.21. The Bertz CT molecular complexity index is 861. The molecule has 0 fully saturated rings. The van der Waals surface area contributed by atoms with Gasteiger partial charge in [0.15, 0.2) is 0 Å². The first-order valence-electron chi connectivity index (χ1n) is 7.63. The summed E-state index contributed by atoms with van der Waals surface area (Å²) in [4.78, 5) is 12.3. The largest absolute Gasteiger partial charge is 0.345 e. The molecule has 112 valence electrons. The van der Waals surface area contributed by atoms with Gasteiger partial charge in [0.1, 0.15) is 0 Å². The second-order valence-corrected chi connectivity index (χ2v) is 6.83. The monoisotopic (exact) mass is 356 g/mol. The van der Waals surface area contributed by atoms with Crippen LogP contribution in [0.25, 0.3) is 10.9 Å². The smallest absolute Gasteiger partial charge is 0.228 e. The normalized spacial score (nSPS) is 17.6. The van der Waals surface area contributed by atoms with Crippen molar-refractivity contribution in [1.82, 2.24) is 9.13 Å². The Hall–Kier alpha value is -1.81. The maximum Gasteiger partial charge on any atom is 0.228 e. The molecule has 0 aliphatic heterocycles. The summed E-state index contributed by atoms with van der Waals surface area (Å²) in [5.74, 6) is 0.0904. The van der Waals surface area contributed by atoms with Gasteiger partial charge in [0.2, 0.25) is 5.91 Å². The molecule has 0 amide bonds. The van der Waals surface area contributed by atoms with Crippen LogP contribution in [0.2, 0.25) is 0 Å². The standard InChI is InChI=1S/C18H17BrN2O/c1-12(22)21-16-8-7-13(19)11-15(16)14-5-4-6-17(18(14)21)20-9-2-3-10-20/h2-3,7-11,17H,4-6H2,1H3. The molecule has 0 bridgehead atoms. The van der Waals surface area contributed by atoms with Gasteiger partial charge in [0.05, 0.1) is 17.3 Å². The van der Waals surface area contributed by atoms with Crippen LogP contribution in [0.3, 0.4) is 0 Å². The van der Waals surface area contributed by atoms with E-state index >= 15 is 0 Å². The molecule has 0 saturated heterocycles. The van der Waals surface area contributed by atoms with Crippen LogP contribution in [-0.2, 0) is 6.42 Å². The number of hydrogen-bond acceptors (Lipinski definition) is 1. The van der Waals surface area contributed by atoms with E-state index in [1.165, 1.54) is 16.6 Å². The van der Waals surface area contributed by atoms with Crippen molar-refractivity contribution in [3.63, 3.8) is 0 Å². The third-order valence-electron chi connectivity index (χ3n) is 4.60. The molecule has 22 heavy (non-hydrogen) atoms. The molecular weight excluding hydrogens is 340 g/mol. The second-order valence-electron chi connectivity index (χ2n) is 5.92. The fraction of sp³-hybridized carbons (Fsp3) is 0.278. The molecule has 2 heterocycles. The lowest BCUT2D eigenvalue weighted by molar-refractivity contribution is 0.0935. The number of rotatable bonds is 1. The van der Waals surface area contributed by atoms with Crippen molar-refractivity contribution in [2.75, 3.05) is 0 Å².